The van der Waals surface area contributed by atoms with Crippen molar-refractivity contribution in [1.82, 2.24) is 39.0 Å². The average Bonchev–Trinajstić information content (AvgIpc) is 1.60. The van der Waals surface area contributed by atoms with Crippen molar-refractivity contribution in [1.29, 1.82) is 0 Å². The van der Waals surface area contributed by atoms with Gasteiger partial charge in [0, 0.05) is 60.6 Å². The highest BCUT2D eigenvalue weighted by Gasteiger charge is 2.25. The first kappa shape index (κ1) is 68.5. The quantitative estimate of drug-likeness (QED) is 0.108. The summed E-state index contributed by atoms with van der Waals surface area (Å²) in [4.78, 5) is 32.3. The highest BCUT2D eigenvalue weighted by Crippen LogP contribution is 2.45. The zero-order chi connectivity index (χ0) is 75.8. The van der Waals surface area contributed by atoms with E-state index < -0.39 is 0 Å². The molecule has 0 spiro atoms. The van der Waals surface area contributed by atoms with Crippen molar-refractivity contribution in [2.75, 3.05) is 0 Å². The largest absolute Gasteiger partial charge is 0.309 e. The van der Waals surface area contributed by atoms with E-state index >= 15 is 0 Å². The minimum atomic E-state index is 0.544. The second kappa shape index (κ2) is 28.2. The van der Waals surface area contributed by atoms with Crippen molar-refractivity contribution in [3.8, 4) is 146 Å². The van der Waals surface area contributed by atoms with Gasteiger partial charge in [0.1, 0.15) is 0 Å². The number of hydrogen-bond donors (Lipinski definition) is 0. The zero-order valence-corrected chi connectivity index (χ0v) is 63.8. The van der Waals surface area contributed by atoms with Crippen molar-refractivity contribution in [3.05, 3.63) is 372 Å². The predicted molar refractivity (Wildman–Crippen MR) is 465 cm³/mol. The second-order valence-corrected chi connectivity index (χ2v) is 30.3. The third kappa shape index (κ3) is 13.1. The zero-order valence-electron chi connectivity index (χ0n) is 63.8. The summed E-state index contributed by atoms with van der Waals surface area (Å²) < 4.78 is 4.86. The van der Waals surface area contributed by atoms with Gasteiger partial charge < -0.3 is 9.13 Å². The summed E-state index contributed by atoms with van der Waals surface area (Å²) in [6.45, 7) is 17.4. The van der Waals surface area contributed by atoms with Crippen LogP contribution in [0.5, 0.6) is 0 Å². The first-order valence-corrected chi connectivity index (χ1v) is 38.3. The molecule has 8 heteroatoms. The molecule has 0 unspecified atom stereocenters. The van der Waals surface area contributed by atoms with Gasteiger partial charge in [-0.25, -0.2) is 29.9 Å². The van der Waals surface area contributed by atoms with E-state index in [1.807, 2.05) is 72.8 Å². The fourth-order valence-corrected chi connectivity index (χ4v) is 16.7. The molecule has 534 valence electrons. The molecule has 4 heterocycles. The van der Waals surface area contributed by atoms with Crippen LogP contribution in [0.2, 0.25) is 0 Å². The molecule has 112 heavy (non-hydrogen) atoms. The van der Waals surface area contributed by atoms with E-state index in [1.54, 1.807) is 0 Å². The molecular formula is C104H78N8. The maximum atomic E-state index is 5.54. The Morgan fingerprint density at radius 3 is 0.768 bits per heavy atom. The third-order valence-electron chi connectivity index (χ3n) is 21.6. The molecule has 0 fully saturated rings. The van der Waals surface area contributed by atoms with Gasteiger partial charge in [0.25, 0.3) is 0 Å². The Labute approximate surface area is 652 Å². The Balaban J connectivity index is 0.844. The minimum Gasteiger partial charge on any atom is -0.309 e. The average molecular weight is 1440 g/mol. The molecule has 0 aliphatic carbocycles. The number of aryl methyl sites for hydroxylation is 8. The molecule has 19 aromatic rings. The van der Waals surface area contributed by atoms with Crippen LogP contribution in [0.4, 0.5) is 0 Å². The number of fused-ring (bicyclic) bond motifs is 6. The van der Waals surface area contributed by atoms with Crippen LogP contribution in [0.25, 0.3) is 190 Å². The lowest BCUT2D eigenvalue weighted by molar-refractivity contribution is 1.06. The van der Waals surface area contributed by atoms with Crippen LogP contribution in [-0.4, -0.2) is 39.0 Å². The predicted octanol–water partition coefficient (Wildman–Crippen LogP) is 26.7. The van der Waals surface area contributed by atoms with E-state index in [-0.39, 0.29) is 0 Å². The third-order valence-corrected chi connectivity index (χ3v) is 21.6. The molecule has 0 atom stereocenters. The lowest BCUT2D eigenvalue weighted by Gasteiger charge is -2.17. The van der Waals surface area contributed by atoms with Crippen LogP contribution in [-0.2, 0) is 0 Å². The van der Waals surface area contributed by atoms with Crippen molar-refractivity contribution < 1.29 is 0 Å². The van der Waals surface area contributed by atoms with Gasteiger partial charge in [-0.3, -0.25) is 0 Å². The minimum absolute atomic E-state index is 0.544. The molecular weight excluding hydrogens is 1360 g/mol. The fraction of sp³-hybridized carbons (Fsp3) is 0.0769. The van der Waals surface area contributed by atoms with Crippen LogP contribution in [0.15, 0.2) is 328 Å². The maximum Gasteiger partial charge on any atom is 0.166 e. The van der Waals surface area contributed by atoms with Crippen molar-refractivity contribution in [2.24, 2.45) is 0 Å². The second-order valence-electron chi connectivity index (χ2n) is 30.3. The highest BCUT2D eigenvalue weighted by atomic mass is 15.1. The van der Waals surface area contributed by atoms with Crippen LogP contribution in [0, 0.1) is 55.4 Å². The molecule has 0 saturated carbocycles. The molecule has 4 aromatic heterocycles. The summed E-state index contributed by atoms with van der Waals surface area (Å²) in [7, 11) is 0. The molecule has 0 N–H and O–H groups in total. The smallest absolute Gasteiger partial charge is 0.166 e. The van der Waals surface area contributed by atoms with Gasteiger partial charge in [-0.1, -0.05) is 287 Å². The molecule has 0 aliphatic heterocycles. The van der Waals surface area contributed by atoms with Gasteiger partial charge >= 0.3 is 0 Å². The summed E-state index contributed by atoms with van der Waals surface area (Å²) in [5, 5.41) is 4.59. The maximum absolute atomic E-state index is 5.54. The van der Waals surface area contributed by atoms with E-state index in [2.05, 4.69) is 319 Å². The molecule has 0 amide bonds. The summed E-state index contributed by atoms with van der Waals surface area (Å²) >= 11 is 0. The van der Waals surface area contributed by atoms with E-state index in [9.17, 15) is 0 Å². The van der Waals surface area contributed by atoms with Crippen molar-refractivity contribution in [3.63, 3.8) is 0 Å². The van der Waals surface area contributed by atoms with Gasteiger partial charge in [0.05, 0.1) is 27.8 Å². The summed E-state index contributed by atoms with van der Waals surface area (Å²) in [5.41, 5.74) is 34.6. The van der Waals surface area contributed by atoms with Crippen LogP contribution >= 0.6 is 0 Å². The number of rotatable bonds is 14. The molecule has 0 radical (unpaired) electrons. The lowest BCUT2D eigenvalue weighted by atomic mass is 9.95. The van der Waals surface area contributed by atoms with Crippen LogP contribution in [0.3, 0.4) is 0 Å². The number of aromatic nitrogens is 8. The molecule has 8 nitrogen and oxygen atoms in total. The summed E-state index contributed by atoms with van der Waals surface area (Å²) in [6.07, 6.45) is 0. The van der Waals surface area contributed by atoms with Crippen molar-refractivity contribution >= 4 is 43.6 Å². The van der Waals surface area contributed by atoms with Gasteiger partial charge in [0.2, 0.25) is 0 Å². The summed E-state index contributed by atoms with van der Waals surface area (Å²) in [5.74, 6) is 3.42. The molecule has 19 rings (SSSR count). The van der Waals surface area contributed by atoms with Crippen LogP contribution in [0.1, 0.15) is 44.5 Å². The standard InChI is InChI=1S/C104H78N8/c1-63-42-64(2)47-82(46-63)78-33-37-94-89(58-78)90-59-79(83-48-65(3)43-66(4)49-83)34-38-95(90)111(94)88-56-86(55-87(57-88)103-107-99(71-22-13-9-14-23-71)105-100(108-103)72-24-15-10-16-25-72)76-31-21-30-75(54-76)77-32-41-98(93(62-77)104-109-101(73-26-17-11-18-27-73)106-102(110-104)74-28-19-12-20-29-74)112-96-39-35-80(84-50-67(5)44-68(6)51-84)60-91(96)92-61-81(36-40-97(92)112)85-52-69(7)45-70(8)53-85/h9-62H,1-8H3. The van der Waals surface area contributed by atoms with E-state index in [1.165, 1.54) is 66.8 Å². The Morgan fingerprint density at radius 1 is 0.170 bits per heavy atom. The topological polar surface area (TPSA) is 87.2 Å². The van der Waals surface area contributed by atoms with Gasteiger partial charge in [-0.05, 0) is 207 Å². The number of benzene rings is 15. The highest BCUT2D eigenvalue weighted by molar-refractivity contribution is 6.14. The van der Waals surface area contributed by atoms with Gasteiger partial charge in [-0.2, -0.15) is 0 Å². The molecule has 15 aromatic carbocycles. The normalized spacial score (nSPS) is 11.6. The SMILES string of the molecule is Cc1cc(C)cc(-c2ccc3c(c2)c2cc(-c4cc(C)cc(C)c4)ccc2n3-c2cc(-c3cccc(-c4ccc(-n5c6ccc(-c7cc(C)cc(C)c7)cc6c6cc(-c7cc(C)cc(C)c7)ccc65)c(-c5nc(-c6ccccc6)nc(-c6ccccc6)n5)c4)c3)cc(-c3nc(-c4ccccc4)nc(-c4ccccc4)n3)c2)c1. The van der Waals surface area contributed by atoms with Gasteiger partial charge in [-0.15, -0.1) is 0 Å². The van der Waals surface area contributed by atoms with E-state index in [4.69, 9.17) is 29.9 Å². The van der Waals surface area contributed by atoms with E-state index in [0.29, 0.717) is 34.9 Å². The molecule has 0 bridgehead atoms. The first-order valence-electron chi connectivity index (χ1n) is 38.3. The lowest BCUT2D eigenvalue weighted by Crippen LogP contribution is -2.04. The fourth-order valence-electron chi connectivity index (χ4n) is 16.7. The Kier molecular flexibility index (Phi) is 17.2. The first-order chi connectivity index (χ1) is 54.7. The van der Waals surface area contributed by atoms with Crippen LogP contribution < -0.4 is 0 Å². The van der Waals surface area contributed by atoms with E-state index in [0.717, 1.165) is 133 Å². The summed E-state index contributed by atoms with van der Waals surface area (Å²) in [6, 6.07) is 119. The number of nitrogens with zero attached hydrogens (tertiary/aromatic N) is 8. The van der Waals surface area contributed by atoms with Crippen molar-refractivity contribution in [2.45, 2.75) is 55.4 Å². The Morgan fingerprint density at radius 2 is 0.420 bits per heavy atom. The molecule has 0 aliphatic rings. The number of hydrogen-bond acceptors (Lipinski definition) is 6. The Bertz CT molecular complexity index is 6540. The van der Waals surface area contributed by atoms with Gasteiger partial charge in [0.15, 0.2) is 34.9 Å². The Hall–Kier alpha value is -14.1. The monoisotopic (exact) mass is 1440 g/mol. The molecule has 0 saturated heterocycles.